The summed E-state index contributed by atoms with van der Waals surface area (Å²) in [6.45, 7) is 11.8. The zero-order valence-corrected chi connectivity index (χ0v) is 15.3. The lowest BCUT2D eigenvalue weighted by Crippen LogP contribution is -2.25. The Labute approximate surface area is 138 Å². The van der Waals surface area contributed by atoms with E-state index in [-0.39, 0.29) is 12.0 Å². The van der Waals surface area contributed by atoms with Gasteiger partial charge in [0.1, 0.15) is 0 Å². The molecule has 1 aromatic carbocycles. The van der Waals surface area contributed by atoms with Crippen molar-refractivity contribution in [3.63, 3.8) is 0 Å². The molecule has 0 aliphatic heterocycles. The van der Waals surface area contributed by atoms with Gasteiger partial charge >= 0.3 is 0 Å². The molecule has 1 N–H and O–H groups in total. The van der Waals surface area contributed by atoms with E-state index >= 15 is 0 Å². The first-order chi connectivity index (χ1) is 10.5. The highest BCUT2D eigenvalue weighted by Crippen LogP contribution is 2.29. The smallest absolute Gasteiger partial charge is 0.241 e. The van der Waals surface area contributed by atoms with Crippen LogP contribution in [0.5, 0.6) is 0 Å². The molecule has 6 heteroatoms. The molecular weight excluding hydrogens is 312 g/mol. The summed E-state index contributed by atoms with van der Waals surface area (Å²) in [7, 11) is -3.62. The van der Waals surface area contributed by atoms with E-state index in [2.05, 4.69) is 30.6 Å². The van der Waals surface area contributed by atoms with Crippen LogP contribution in [0.2, 0.25) is 0 Å². The van der Waals surface area contributed by atoms with Gasteiger partial charge < -0.3 is 4.52 Å². The lowest BCUT2D eigenvalue weighted by molar-refractivity contribution is 0.377. The lowest BCUT2D eigenvalue weighted by atomic mass is 9.85. The Morgan fingerprint density at radius 1 is 1.13 bits per heavy atom. The molecule has 0 spiro atoms. The third-order valence-electron chi connectivity index (χ3n) is 3.89. The summed E-state index contributed by atoms with van der Waals surface area (Å²) in [5.41, 5.74) is 3.33. The summed E-state index contributed by atoms with van der Waals surface area (Å²) in [5.74, 6) is 0.493. The largest absolute Gasteiger partial charge is 0.360 e. The second kappa shape index (κ2) is 6.09. The number of rotatable bonds is 4. The van der Waals surface area contributed by atoms with Crippen LogP contribution in [-0.4, -0.2) is 13.6 Å². The average molecular weight is 336 g/mol. The third-order valence-corrected chi connectivity index (χ3v) is 5.42. The van der Waals surface area contributed by atoms with E-state index in [0.29, 0.717) is 10.7 Å². The summed E-state index contributed by atoms with van der Waals surface area (Å²) in [5, 5.41) is 3.76. The molecule has 0 aliphatic rings. The number of benzene rings is 1. The maximum Gasteiger partial charge on any atom is 0.241 e. The first kappa shape index (κ1) is 17.7. The van der Waals surface area contributed by atoms with Crippen molar-refractivity contribution in [2.75, 3.05) is 0 Å². The first-order valence-electron chi connectivity index (χ1n) is 7.54. The van der Waals surface area contributed by atoms with Crippen LogP contribution in [0.3, 0.4) is 0 Å². The molecule has 2 rings (SSSR count). The molecule has 0 atom stereocenters. The Morgan fingerprint density at radius 3 is 2.30 bits per heavy atom. The molecule has 0 amide bonds. The predicted octanol–water partition coefficient (Wildman–Crippen LogP) is 3.38. The van der Waals surface area contributed by atoms with Gasteiger partial charge in [-0.25, -0.2) is 13.1 Å². The van der Waals surface area contributed by atoms with Gasteiger partial charge in [-0.2, -0.15) is 0 Å². The van der Waals surface area contributed by atoms with Gasteiger partial charge in [-0.1, -0.05) is 32.0 Å². The van der Waals surface area contributed by atoms with Crippen molar-refractivity contribution in [3.05, 3.63) is 46.3 Å². The molecule has 126 valence electrons. The topological polar surface area (TPSA) is 72.2 Å². The van der Waals surface area contributed by atoms with Crippen molar-refractivity contribution in [1.82, 2.24) is 9.88 Å². The Morgan fingerprint density at radius 2 is 1.78 bits per heavy atom. The van der Waals surface area contributed by atoms with Crippen LogP contribution < -0.4 is 4.72 Å². The molecule has 0 saturated heterocycles. The monoisotopic (exact) mass is 336 g/mol. The van der Waals surface area contributed by atoms with E-state index < -0.39 is 10.0 Å². The maximum absolute atomic E-state index is 12.7. The Kier molecular flexibility index (Phi) is 4.69. The fourth-order valence-electron chi connectivity index (χ4n) is 2.28. The van der Waals surface area contributed by atoms with E-state index in [9.17, 15) is 8.42 Å². The second-order valence-electron chi connectivity index (χ2n) is 6.93. The molecular formula is C17H24N2O3S. The molecule has 0 aliphatic carbocycles. The molecule has 0 radical (unpaired) electrons. The highest BCUT2D eigenvalue weighted by Gasteiger charge is 2.23. The highest BCUT2D eigenvalue weighted by molar-refractivity contribution is 7.89. The van der Waals surface area contributed by atoms with Gasteiger partial charge in [0.2, 0.25) is 10.0 Å². The predicted molar refractivity (Wildman–Crippen MR) is 89.9 cm³/mol. The molecule has 0 unspecified atom stereocenters. The molecule has 23 heavy (non-hydrogen) atoms. The SMILES string of the molecule is Cc1cc(CNS(=O)(=O)c2cc(C(C)(C)C)cc(C)c2C)on1. The summed E-state index contributed by atoms with van der Waals surface area (Å²) in [6.07, 6.45) is 0. The number of hydrogen-bond acceptors (Lipinski definition) is 4. The van der Waals surface area contributed by atoms with Crippen LogP contribution in [0.1, 0.15) is 48.9 Å². The van der Waals surface area contributed by atoms with Gasteiger partial charge in [-0.05, 0) is 48.9 Å². The average Bonchev–Trinajstić information content (AvgIpc) is 2.84. The zero-order chi connectivity index (χ0) is 17.4. The van der Waals surface area contributed by atoms with Crippen molar-refractivity contribution < 1.29 is 12.9 Å². The Bertz CT molecular complexity index is 815. The number of nitrogens with one attached hydrogen (secondary N) is 1. The van der Waals surface area contributed by atoms with Crippen molar-refractivity contribution >= 4 is 10.0 Å². The number of sulfonamides is 1. The lowest BCUT2D eigenvalue weighted by Gasteiger charge is -2.22. The van der Waals surface area contributed by atoms with Crippen LogP contribution >= 0.6 is 0 Å². The fourth-order valence-corrected chi connectivity index (χ4v) is 3.62. The van der Waals surface area contributed by atoms with Crippen LogP contribution in [0.25, 0.3) is 0 Å². The minimum Gasteiger partial charge on any atom is -0.360 e. The van der Waals surface area contributed by atoms with E-state index in [1.54, 1.807) is 19.1 Å². The number of aromatic nitrogens is 1. The van der Waals surface area contributed by atoms with Crippen molar-refractivity contribution in [3.8, 4) is 0 Å². The van der Waals surface area contributed by atoms with E-state index in [1.807, 2.05) is 19.9 Å². The molecule has 0 bridgehead atoms. The van der Waals surface area contributed by atoms with Crippen molar-refractivity contribution in [2.45, 2.75) is 58.4 Å². The van der Waals surface area contributed by atoms with Crippen LogP contribution in [0.4, 0.5) is 0 Å². The number of hydrogen-bond donors (Lipinski definition) is 1. The maximum atomic E-state index is 12.7. The molecule has 2 aromatic rings. The highest BCUT2D eigenvalue weighted by atomic mass is 32.2. The van der Waals surface area contributed by atoms with Gasteiger partial charge in [-0.3, -0.25) is 0 Å². The second-order valence-corrected chi connectivity index (χ2v) is 8.66. The van der Waals surface area contributed by atoms with Gasteiger partial charge in [-0.15, -0.1) is 0 Å². The Hall–Kier alpha value is -1.66. The van der Waals surface area contributed by atoms with Gasteiger partial charge in [0.25, 0.3) is 0 Å². The van der Waals surface area contributed by atoms with Gasteiger partial charge in [0.15, 0.2) is 5.76 Å². The number of aryl methyl sites for hydroxylation is 2. The fraction of sp³-hybridized carbons (Fsp3) is 0.471. The number of nitrogens with zero attached hydrogens (tertiary/aromatic N) is 1. The van der Waals surface area contributed by atoms with Gasteiger partial charge in [0, 0.05) is 6.07 Å². The van der Waals surface area contributed by atoms with Crippen molar-refractivity contribution in [1.29, 1.82) is 0 Å². The zero-order valence-electron chi connectivity index (χ0n) is 14.5. The summed E-state index contributed by atoms with van der Waals surface area (Å²) >= 11 is 0. The van der Waals surface area contributed by atoms with Crippen LogP contribution in [-0.2, 0) is 22.0 Å². The van der Waals surface area contributed by atoms with Crippen LogP contribution in [0.15, 0.2) is 27.6 Å². The minimum atomic E-state index is -3.62. The summed E-state index contributed by atoms with van der Waals surface area (Å²) < 4.78 is 33.0. The molecule has 1 aromatic heterocycles. The van der Waals surface area contributed by atoms with Crippen LogP contribution in [0, 0.1) is 20.8 Å². The van der Waals surface area contributed by atoms with E-state index in [4.69, 9.17) is 4.52 Å². The third kappa shape index (κ3) is 4.00. The normalized spacial score (nSPS) is 12.6. The minimum absolute atomic E-state index is 0.0847. The summed E-state index contributed by atoms with van der Waals surface area (Å²) in [4.78, 5) is 0.318. The van der Waals surface area contributed by atoms with E-state index in [1.165, 1.54) is 0 Å². The Balaban J connectivity index is 2.37. The molecule has 0 saturated carbocycles. The van der Waals surface area contributed by atoms with Crippen molar-refractivity contribution in [2.24, 2.45) is 0 Å². The quantitative estimate of drug-likeness (QED) is 0.929. The standard InChI is InChI=1S/C17H24N2O3S/c1-11-7-14(17(4,5)6)9-16(13(11)3)23(20,21)18-10-15-8-12(2)19-22-15/h7-9,18H,10H2,1-6H3. The summed E-state index contributed by atoms with van der Waals surface area (Å²) in [6, 6.07) is 5.52. The molecule has 1 heterocycles. The van der Waals surface area contributed by atoms with E-state index in [0.717, 1.165) is 22.4 Å². The molecule has 5 nitrogen and oxygen atoms in total. The molecule has 0 fully saturated rings. The first-order valence-corrected chi connectivity index (χ1v) is 9.02. The van der Waals surface area contributed by atoms with Gasteiger partial charge in [0.05, 0.1) is 17.1 Å².